The molecule has 0 spiro atoms. The molecular weight excluding hydrogens is 439 g/mol. The van der Waals surface area contributed by atoms with E-state index in [4.69, 9.17) is 23.8 Å². The first-order valence-corrected chi connectivity index (χ1v) is 9.78. The summed E-state index contributed by atoms with van der Waals surface area (Å²) in [6, 6.07) is 15.1. The molecule has 32 heavy (non-hydrogen) atoms. The van der Waals surface area contributed by atoms with Gasteiger partial charge in [-0.05, 0) is 47.0 Å². The molecule has 8 heteroatoms. The van der Waals surface area contributed by atoms with Gasteiger partial charge in [-0.2, -0.15) is 0 Å². The summed E-state index contributed by atoms with van der Waals surface area (Å²) in [4.78, 5) is 16.6. The number of nitrogens with two attached hydrogens (primary N) is 1. The quantitative estimate of drug-likeness (QED) is 0.432. The highest BCUT2D eigenvalue weighted by molar-refractivity contribution is 6.30. The summed E-state index contributed by atoms with van der Waals surface area (Å²) < 4.78 is 40.8. The molecule has 0 radical (unpaired) electrons. The van der Waals surface area contributed by atoms with Crippen LogP contribution in [0.1, 0.15) is 22.9 Å². The van der Waals surface area contributed by atoms with Crippen LogP contribution in [0.4, 0.5) is 13.2 Å². The van der Waals surface area contributed by atoms with Gasteiger partial charge in [-0.15, -0.1) is 19.6 Å². The molecule has 4 aromatic rings. The number of aromatic nitrogens is 2. The van der Waals surface area contributed by atoms with Gasteiger partial charge in [0.2, 0.25) is 0 Å². The average Bonchev–Trinajstić information content (AvgIpc) is 2.77. The van der Waals surface area contributed by atoms with E-state index in [1.54, 1.807) is 48.5 Å². The Morgan fingerprint density at radius 3 is 2.47 bits per heavy atom. The van der Waals surface area contributed by atoms with Crippen molar-refractivity contribution >= 4 is 22.5 Å². The average molecular weight is 454 g/mol. The molecule has 160 valence electrons. The molecule has 0 aliphatic heterocycles. The van der Waals surface area contributed by atoms with Gasteiger partial charge in [-0.3, -0.25) is 9.78 Å². The number of fused-ring (bicyclic) bond motifs is 1. The molecule has 0 fully saturated rings. The summed E-state index contributed by atoms with van der Waals surface area (Å²) in [6.07, 6.45) is 1.56. The highest BCUT2D eigenvalue weighted by Crippen LogP contribution is 2.33. The van der Waals surface area contributed by atoms with Gasteiger partial charge in [0, 0.05) is 22.0 Å². The zero-order valence-corrected chi connectivity index (χ0v) is 17.2. The SMILES string of the molecule is C#Cc1cccc(-c2cc(=O)n(C(F)(F)F)c3cnc(C(N)c4ccc(Cl)cc4)cc23)c1. The van der Waals surface area contributed by atoms with Gasteiger partial charge in [0.1, 0.15) is 0 Å². The van der Waals surface area contributed by atoms with E-state index >= 15 is 0 Å². The standard InChI is InChI=1S/C24H15ClF3N3O/c1-2-14-4-3-5-16(10-14)18-12-22(32)31(24(26,27)28)21-13-30-20(11-19(18)21)23(29)15-6-8-17(25)9-7-15/h1,3-13,23H,29H2. The number of benzene rings is 2. The molecule has 1 atom stereocenters. The summed E-state index contributed by atoms with van der Waals surface area (Å²) in [5.41, 5.74) is 7.08. The van der Waals surface area contributed by atoms with E-state index in [9.17, 15) is 18.0 Å². The highest BCUT2D eigenvalue weighted by atomic mass is 35.5. The lowest BCUT2D eigenvalue weighted by molar-refractivity contribution is -0.202. The first-order valence-electron chi connectivity index (χ1n) is 9.40. The maximum absolute atomic E-state index is 13.7. The number of rotatable bonds is 3. The molecule has 4 nitrogen and oxygen atoms in total. The van der Waals surface area contributed by atoms with Crippen LogP contribution < -0.4 is 11.3 Å². The van der Waals surface area contributed by atoms with E-state index in [-0.39, 0.29) is 15.5 Å². The molecule has 2 aromatic carbocycles. The van der Waals surface area contributed by atoms with Gasteiger partial charge in [-0.25, -0.2) is 4.57 Å². The van der Waals surface area contributed by atoms with Crippen LogP contribution in [0.25, 0.3) is 22.0 Å². The van der Waals surface area contributed by atoms with Crippen LogP contribution in [-0.2, 0) is 6.30 Å². The third kappa shape index (κ3) is 3.98. The lowest BCUT2D eigenvalue weighted by Gasteiger charge is -2.18. The second kappa shape index (κ2) is 8.15. The number of alkyl halides is 3. The first-order chi connectivity index (χ1) is 15.2. The van der Waals surface area contributed by atoms with Crippen molar-refractivity contribution in [2.75, 3.05) is 0 Å². The molecule has 0 aliphatic rings. The molecular formula is C24H15ClF3N3O. The Balaban J connectivity index is 2.00. The van der Waals surface area contributed by atoms with Gasteiger partial charge in [0.15, 0.2) is 0 Å². The Labute approximate surface area is 186 Å². The Morgan fingerprint density at radius 2 is 1.81 bits per heavy atom. The second-order valence-electron chi connectivity index (χ2n) is 7.08. The third-order valence-corrected chi connectivity index (χ3v) is 5.32. The van der Waals surface area contributed by atoms with E-state index in [1.807, 2.05) is 0 Å². The number of halogens is 4. The summed E-state index contributed by atoms with van der Waals surface area (Å²) in [6.45, 7) is 0. The lowest BCUT2D eigenvalue weighted by Crippen LogP contribution is -2.31. The van der Waals surface area contributed by atoms with Crippen molar-refractivity contribution in [3.05, 3.63) is 99.1 Å². The van der Waals surface area contributed by atoms with E-state index in [0.717, 1.165) is 12.3 Å². The second-order valence-corrected chi connectivity index (χ2v) is 7.52. The van der Waals surface area contributed by atoms with Crippen molar-refractivity contribution in [3.8, 4) is 23.5 Å². The Bertz CT molecular complexity index is 1420. The van der Waals surface area contributed by atoms with Crippen molar-refractivity contribution < 1.29 is 13.2 Å². The predicted octanol–water partition coefficient (Wildman–Crippen LogP) is 5.22. The van der Waals surface area contributed by atoms with Crippen LogP contribution in [0.15, 0.2) is 71.7 Å². The van der Waals surface area contributed by atoms with Crippen LogP contribution in [-0.4, -0.2) is 9.55 Å². The lowest BCUT2D eigenvalue weighted by atomic mass is 9.97. The van der Waals surface area contributed by atoms with Crippen LogP contribution in [0.3, 0.4) is 0 Å². The van der Waals surface area contributed by atoms with Gasteiger partial charge in [0.05, 0.1) is 23.4 Å². The molecule has 2 aromatic heterocycles. The van der Waals surface area contributed by atoms with Crippen molar-refractivity contribution in [1.29, 1.82) is 0 Å². The molecule has 2 N–H and O–H groups in total. The largest absolute Gasteiger partial charge is 0.491 e. The summed E-state index contributed by atoms with van der Waals surface area (Å²) >= 11 is 5.92. The smallest absolute Gasteiger partial charge is 0.319 e. The van der Waals surface area contributed by atoms with Crippen LogP contribution >= 0.6 is 11.6 Å². The fraction of sp³-hybridized carbons (Fsp3) is 0.0833. The minimum atomic E-state index is -4.92. The minimum Gasteiger partial charge on any atom is -0.319 e. The number of hydrogen-bond donors (Lipinski definition) is 1. The van der Waals surface area contributed by atoms with Crippen molar-refractivity contribution in [2.24, 2.45) is 5.73 Å². The monoisotopic (exact) mass is 453 g/mol. The molecule has 4 rings (SSSR count). The number of nitrogens with zero attached hydrogens (tertiary/aromatic N) is 2. The fourth-order valence-corrected chi connectivity index (χ4v) is 3.66. The molecule has 0 aliphatic carbocycles. The summed E-state index contributed by atoms with van der Waals surface area (Å²) in [5, 5.41) is 0.697. The topological polar surface area (TPSA) is 60.9 Å². The molecule has 0 saturated carbocycles. The molecule has 0 bridgehead atoms. The van der Waals surface area contributed by atoms with Gasteiger partial charge in [0.25, 0.3) is 5.56 Å². The van der Waals surface area contributed by atoms with Crippen molar-refractivity contribution in [2.45, 2.75) is 12.3 Å². The van der Waals surface area contributed by atoms with E-state index in [1.165, 1.54) is 6.07 Å². The zero-order valence-electron chi connectivity index (χ0n) is 16.4. The number of pyridine rings is 2. The van der Waals surface area contributed by atoms with Crippen LogP contribution in [0.5, 0.6) is 0 Å². The third-order valence-electron chi connectivity index (χ3n) is 5.06. The Kier molecular flexibility index (Phi) is 5.51. The van der Waals surface area contributed by atoms with Crippen molar-refractivity contribution in [1.82, 2.24) is 9.55 Å². The van der Waals surface area contributed by atoms with Gasteiger partial charge in [-0.1, -0.05) is 41.8 Å². The summed E-state index contributed by atoms with van der Waals surface area (Å²) in [7, 11) is 0. The van der Waals surface area contributed by atoms with Crippen LogP contribution in [0, 0.1) is 12.3 Å². The predicted molar refractivity (Wildman–Crippen MR) is 118 cm³/mol. The highest BCUT2D eigenvalue weighted by Gasteiger charge is 2.34. The number of hydrogen-bond acceptors (Lipinski definition) is 3. The van der Waals surface area contributed by atoms with Crippen molar-refractivity contribution in [3.63, 3.8) is 0 Å². The van der Waals surface area contributed by atoms with E-state index in [2.05, 4.69) is 10.9 Å². The molecule has 0 amide bonds. The Morgan fingerprint density at radius 1 is 1.09 bits per heavy atom. The normalized spacial score (nSPS) is 12.5. The van der Waals surface area contributed by atoms with Gasteiger partial charge >= 0.3 is 6.30 Å². The fourth-order valence-electron chi connectivity index (χ4n) is 3.53. The van der Waals surface area contributed by atoms with E-state index in [0.29, 0.717) is 33.0 Å². The molecule has 0 saturated heterocycles. The molecule has 1 unspecified atom stereocenters. The Hall–Kier alpha value is -3.60. The maximum Gasteiger partial charge on any atom is 0.491 e. The number of terminal acetylenes is 1. The molecule has 2 heterocycles. The maximum atomic E-state index is 13.7. The first kappa shape index (κ1) is 21.6. The van der Waals surface area contributed by atoms with Crippen LogP contribution in [0.2, 0.25) is 5.02 Å². The minimum absolute atomic E-state index is 0.172. The van der Waals surface area contributed by atoms with Gasteiger partial charge < -0.3 is 5.73 Å². The van der Waals surface area contributed by atoms with E-state index < -0.39 is 17.9 Å². The summed E-state index contributed by atoms with van der Waals surface area (Å²) in [5.74, 6) is 2.48. The zero-order chi connectivity index (χ0) is 23.0.